The van der Waals surface area contributed by atoms with Crippen LogP contribution in [0.2, 0.25) is 0 Å². The second-order valence-electron chi connectivity index (χ2n) is 3.43. The lowest BCUT2D eigenvalue weighted by Gasteiger charge is -2.03. The summed E-state index contributed by atoms with van der Waals surface area (Å²) in [5, 5.41) is 10.5. The third-order valence-electron chi connectivity index (χ3n) is 1.98. The summed E-state index contributed by atoms with van der Waals surface area (Å²) in [5.74, 6) is -1.03. The van der Waals surface area contributed by atoms with Gasteiger partial charge in [0, 0.05) is 5.38 Å². The Kier molecular flexibility index (Phi) is 5.03. The molecule has 1 aromatic rings. The maximum atomic E-state index is 11.5. The van der Waals surface area contributed by atoms with E-state index in [1.165, 1.54) is 5.38 Å². The van der Waals surface area contributed by atoms with Gasteiger partial charge in [-0.15, -0.1) is 11.3 Å². The molecular formula is C9H14N2O4S2. The van der Waals surface area contributed by atoms with Gasteiger partial charge in [-0.25, -0.2) is 22.9 Å². The zero-order chi connectivity index (χ0) is 12.9. The van der Waals surface area contributed by atoms with Gasteiger partial charge in [0.2, 0.25) is 10.0 Å². The van der Waals surface area contributed by atoms with Crippen LogP contribution in [0.25, 0.3) is 0 Å². The van der Waals surface area contributed by atoms with E-state index >= 15 is 0 Å². The third kappa shape index (κ3) is 4.80. The van der Waals surface area contributed by atoms with Crippen LogP contribution in [0.1, 0.15) is 35.3 Å². The van der Waals surface area contributed by atoms with Crippen molar-refractivity contribution in [3.63, 3.8) is 0 Å². The zero-order valence-electron chi connectivity index (χ0n) is 9.34. The largest absolute Gasteiger partial charge is 0.476 e. The molecule has 0 aliphatic rings. The van der Waals surface area contributed by atoms with Crippen molar-refractivity contribution in [3.05, 3.63) is 16.1 Å². The number of carboxylic acids is 1. The Morgan fingerprint density at radius 1 is 1.59 bits per heavy atom. The van der Waals surface area contributed by atoms with Crippen LogP contribution in [-0.2, 0) is 16.6 Å². The van der Waals surface area contributed by atoms with Crippen LogP contribution in [-0.4, -0.2) is 30.2 Å². The van der Waals surface area contributed by atoms with Crippen LogP contribution in [0.5, 0.6) is 0 Å². The summed E-state index contributed by atoms with van der Waals surface area (Å²) in [5.41, 5.74) is -0.0576. The standard InChI is InChI=1S/C9H14N2O4S2/c1-2-3-4-17(14,15)10-5-8-11-7(6-16-8)9(12)13/h6,10H,2-5H2,1H3,(H,12,13). The van der Waals surface area contributed by atoms with Gasteiger partial charge < -0.3 is 5.11 Å². The molecule has 1 rings (SSSR count). The number of aromatic carboxylic acids is 1. The smallest absolute Gasteiger partial charge is 0.355 e. The molecule has 0 saturated carbocycles. The van der Waals surface area contributed by atoms with E-state index in [0.29, 0.717) is 11.4 Å². The summed E-state index contributed by atoms with van der Waals surface area (Å²) in [6, 6.07) is 0. The lowest BCUT2D eigenvalue weighted by Crippen LogP contribution is -2.25. The minimum atomic E-state index is -3.28. The summed E-state index contributed by atoms with van der Waals surface area (Å²) in [7, 11) is -3.28. The fourth-order valence-electron chi connectivity index (χ4n) is 1.07. The first-order chi connectivity index (χ1) is 7.94. The molecular weight excluding hydrogens is 264 g/mol. The number of nitrogens with one attached hydrogen (secondary N) is 1. The highest BCUT2D eigenvalue weighted by molar-refractivity contribution is 7.89. The number of thiazole rings is 1. The molecule has 96 valence electrons. The molecule has 0 aromatic carbocycles. The molecule has 0 aliphatic carbocycles. The SMILES string of the molecule is CCCCS(=O)(=O)NCc1nc(C(=O)O)cs1. The highest BCUT2D eigenvalue weighted by Gasteiger charge is 2.12. The van der Waals surface area contributed by atoms with Crippen LogP contribution >= 0.6 is 11.3 Å². The van der Waals surface area contributed by atoms with Gasteiger partial charge in [0.05, 0.1) is 12.3 Å². The molecule has 17 heavy (non-hydrogen) atoms. The highest BCUT2D eigenvalue weighted by atomic mass is 32.2. The molecule has 0 saturated heterocycles. The van der Waals surface area contributed by atoms with Crippen LogP contribution in [0, 0.1) is 0 Å². The normalized spacial score (nSPS) is 11.6. The third-order valence-corrected chi connectivity index (χ3v) is 4.24. The number of rotatable bonds is 7. The number of hydrogen-bond donors (Lipinski definition) is 2. The second-order valence-corrected chi connectivity index (χ2v) is 6.29. The van der Waals surface area contributed by atoms with Gasteiger partial charge in [0.1, 0.15) is 5.01 Å². The summed E-state index contributed by atoms with van der Waals surface area (Å²) in [4.78, 5) is 14.3. The van der Waals surface area contributed by atoms with Crippen molar-refractivity contribution < 1.29 is 18.3 Å². The first-order valence-electron chi connectivity index (χ1n) is 5.09. The maximum absolute atomic E-state index is 11.5. The van der Waals surface area contributed by atoms with E-state index in [1.54, 1.807) is 0 Å². The van der Waals surface area contributed by atoms with E-state index in [2.05, 4.69) is 9.71 Å². The Labute approximate surface area is 104 Å². The molecule has 1 heterocycles. The van der Waals surface area contributed by atoms with E-state index in [4.69, 9.17) is 5.11 Å². The van der Waals surface area contributed by atoms with Gasteiger partial charge in [0.25, 0.3) is 0 Å². The highest BCUT2D eigenvalue weighted by Crippen LogP contribution is 2.09. The van der Waals surface area contributed by atoms with Crippen molar-refractivity contribution in [1.29, 1.82) is 0 Å². The molecule has 0 spiro atoms. The Balaban J connectivity index is 2.52. The van der Waals surface area contributed by atoms with Crippen molar-refractivity contribution in [1.82, 2.24) is 9.71 Å². The molecule has 2 N–H and O–H groups in total. The lowest BCUT2D eigenvalue weighted by atomic mass is 10.4. The number of hydrogen-bond acceptors (Lipinski definition) is 5. The zero-order valence-corrected chi connectivity index (χ0v) is 11.0. The number of carbonyl (C=O) groups is 1. The summed E-state index contributed by atoms with van der Waals surface area (Å²) < 4.78 is 25.3. The summed E-state index contributed by atoms with van der Waals surface area (Å²) in [6.07, 6.45) is 1.41. The van der Waals surface area contributed by atoms with Crippen molar-refractivity contribution in [2.45, 2.75) is 26.3 Å². The molecule has 0 aliphatic heterocycles. The van der Waals surface area contributed by atoms with Crippen LogP contribution in [0.15, 0.2) is 5.38 Å². The molecule has 0 radical (unpaired) electrons. The van der Waals surface area contributed by atoms with Gasteiger partial charge in [-0.1, -0.05) is 13.3 Å². The number of sulfonamides is 1. The van der Waals surface area contributed by atoms with Gasteiger partial charge in [-0.3, -0.25) is 0 Å². The van der Waals surface area contributed by atoms with Crippen molar-refractivity contribution in [2.75, 3.05) is 5.75 Å². The van der Waals surface area contributed by atoms with Crippen molar-refractivity contribution >= 4 is 27.3 Å². The predicted octanol–water partition coefficient (Wildman–Crippen LogP) is 1.06. The molecule has 6 nitrogen and oxygen atoms in total. The van der Waals surface area contributed by atoms with E-state index in [0.717, 1.165) is 17.8 Å². The first-order valence-corrected chi connectivity index (χ1v) is 7.63. The number of aromatic nitrogens is 1. The fraction of sp³-hybridized carbons (Fsp3) is 0.556. The fourth-order valence-corrected chi connectivity index (χ4v) is 3.04. The quantitative estimate of drug-likeness (QED) is 0.777. The first kappa shape index (κ1) is 14.1. The van der Waals surface area contributed by atoms with Gasteiger partial charge >= 0.3 is 5.97 Å². The van der Waals surface area contributed by atoms with Crippen LogP contribution < -0.4 is 4.72 Å². The monoisotopic (exact) mass is 278 g/mol. The van der Waals surface area contributed by atoms with Gasteiger partial charge in [-0.05, 0) is 6.42 Å². The van der Waals surface area contributed by atoms with E-state index in [-0.39, 0.29) is 18.0 Å². The Bertz CT molecular complexity index is 481. The molecule has 0 atom stereocenters. The molecule has 0 fully saturated rings. The minimum absolute atomic E-state index is 0.0456. The summed E-state index contributed by atoms with van der Waals surface area (Å²) in [6.45, 7) is 1.96. The maximum Gasteiger partial charge on any atom is 0.355 e. The van der Waals surface area contributed by atoms with Crippen molar-refractivity contribution in [2.24, 2.45) is 0 Å². The second kappa shape index (κ2) is 6.08. The molecule has 0 unspecified atom stereocenters. The molecule has 8 heteroatoms. The topological polar surface area (TPSA) is 96.4 Å². The lowest BCUT2D eigenvalue weighted by molar-refractivity contribution is 0.0691. The van der Waals surface area contributed by atoms with E-state index in [1.807, 2.05) is 6.92 Å². The molecule has 0 bridgehead atoms. The van der Waals surface area contributed by atoms with E-state index in [9.17, 15) is 13.2 Å². The number of unbranched alkanes of at least 4 members (excludes halogenated alkanes) is 1. The molecule has 1 aromatic heterocycles. The van der Waals surface area contributed by atoms with Gasteiger partial charge in [-0.2, -0.15) is 0 Å². The summed E-state index contributed by atoms with van der Waals surface area (Å²) >= 11 is 1.12. The van der Waals surface area contributed by atoms with Crippen molar-refractivity contribution in [3.8, 4) is 0 Å². The minimum Gasteiger partial charge on any atom is -0.476 e. The Morgan fingerprint density at radius 3 is 2.82 bits per heavy atom. The molecule has 0 amide bonds. The van der Waals surface area contributed by atoms with Gasteiger partial charge in [0.15, 0.2) is 5.69 Å². The van der Waals surface area contributed by atoms with Crippen LogP contribution in [0.3, 0.4) is 0 Å². The number of carboxylic acid groups (broad SMARTS) is 1. The average molecular weight is 278 g/mol. The Morgan fingerprint density at radius 2 is 2.29 bits per heavy atom. The average Bonchev–Trinajstić information content (AvgIpc) is 2.73. The number of nitrogens with zero attached hydrogens (tertiary/aromatic N) is 1. The van der Waals surface area contributed by atoms with E-state index < -0.39 is 16.0 Å². The van der Waals surface area contributed by atoms with Crippen LogP contribution in [0.4, 0.5) is 0 Å². The predicted molar refractivity (Wildman–Crippen MR) is 64.6 cm³/mol. The Hall–Kier alpha value is -0.990.